The van der Waals surface area contributed by atoms with Gasteiger partial charge in [0.2, 0.25) is 0 Å². The summed E-state index contributed by atoms with van der Waals surface area (Å²) in [6.07, 6.45) is 0.107. The average Bonchev–Trinajstić information content (AvgIpc) is 2.22. The van der Waals surface area contributed by atoms with Crippen LogP contribution < -0.4 is 10.5 Å². The monoisotopic (exact) mass is 276 g/mol. The number of nitrogen functional groups attached to an aromatic ring is 1. The first-order chi connectivity index (χ1) is 8.29. The number of anilines is 1. The summed E-state index contributed by atoms with van der Waals surface area (Å²) in [7, 11) is -4.00. The van der Waals surface area contributed by atoms with Crippen molar-refractivity contribution in [2.45, 2.75) is 6.42 Å². The van der Waals surface area contributed by atoms with Gasteiger partial charge in [0.05, 0.1) is 17.3 Å². The maximum Gasteiger partial charge on any atom is 0.292 e. The molecule has 0 fully saturated rings. The number of hydrogen-bond donors (Lipinski definition) is 2. The van der Waals surface area contributed by atoms with E-state index in [9.17, 15) is 18.5 Å². The Kier molecular flexibility index (Phi) is 4.45. The minimum Gasteiger partial charge on any atom is -0.493 e. The molecule has 0 amide bonds. The molecule has 0 aliphatic rings. The smallest absolute Gasteiger partial charge is 0.292 e. The first-order valence-electron chi connectivity index (χ1n) is 4.91. The van der Waals surface area contributed by atoms with Gasteiger partial charge < -0.3 is 10.5 Å². The molecule has 1 aromatic rings. The van der Waals surface area contributed by atoms with E-state index in [2.05, 4.69) is 0 Å². The number of nitrogens with two attached hydrogens (primary N) is 1. The maximum absolute atomic E-state index is 10.5. The molecule has 0 saturated heterocycles. The van der Waals surface area contributed by atoms with Gasteiger partial charge in [0.15, 0.2) is 0 Å². The van der Waals surface area contributed by atoms with Crippen LogP contribution >= 0.6 is 0 Å². The lowest BCUT2D eigenvalue weighted by Gasteiger charge is -2.06. The molecule has 0 unspecified atom stereocenters. The molecule has 0 atom stereocenters. The molecular formula is C9H12N2O6S. The Morgan fingerprint density at radius 3 is 2.61 bits per heavy atom. The minimum atomic E-state index is -4.00. The molecule has 0 bridgehead atoms. The largest absolute Gasteiger partial charge is 0.493 e. The number of nitro benzene ring substituents is 1. The van der Waals surface area contributed by atoms with Crippen LogP contribution in [0, 0.1) is 10.1 Å². The predicted octanol–water partition coefficient (Wildman–Crippen LogP) is 0.834. The zero-order valence-electron chi connectivity index (χ0n) is 9.27. The molecule has 0 spiro atoms. The van der Waals surface area contributed by atoms with Crippen molar-refractivity contribution in [3.05, 3.63) is 28.3 Å². The van der Waals surface area contributed by atoms with Crippen LogP contribution in [0.3, 0.4) is 0 Å². The van der Waals surface area contributed by atoms with Crippen molar-refractivity contribution in [2.24, 2.45) is 0 Å². The molecule has 0 saturated carbocycles. The highest BCUT2D eigenvalue weighted by atomic mass is 32.2. The Bertz CT molecular complexity index is 542. The van der Waals surface area contributed by atoms with E-state index in [1.54, 1.807) is 0 Å². The second-order valence-electron chi connectivity index (χ2n) is 3.47. The molecular weight excluding hydrogens is 264 g/mol. The van der Waals surface area contributed by atoms with Gasteiger partial charge in [0, 0.05) is 12.1 Å². The number of nitro groups is 1. The highest BCUT2D eigenvalue weighted by Gasteiger charge is 2.11. The molecule has 0 radical (unpaired) electrons. The third-order valence-electron chi connectivity index (χ3n) is 2.01. The van der Waals surface area contributed by atoms with E-state index in [0.29, 0.717) is 5.75 Å². The lowest BCUT2D eigenvalue weighted by Crippen LogP contribution is -2.08. The van der Waals surface area contributed by atoms with Gasteiger partial charge >= 0.3 is 0 Å². The number of rotatable bonds is 6. The van der Waals surface area contributed by atoms with Gasteiger partial charge in [-0.3, -0.25) is 14.7 Å². The van der Waals surface area contributed by atoms with Crippen molar-refractivity contribution in [2.75, 3.05) is 18.1 Å². The zero-order valence-corrected chi connectivity index (χ0v) is 10.1. The van der Waals surface area contributed by atoms with Crippen molar-refractivity contribution in [1.82, 2.24) is 0 Å². The van der Waals surface area contributed by atoms with Crippen LogP contribution in [0.2, 0.25) is 0 Å². The summed E-state index contributed by atoms with van der Waals surface area (Å²) < 4.78 is 34.5. The summed E-state index contributed by atoms with van der Waals surface area (Å²) in [4.78, 5) is 9.88. The summed E-state index contributed by atoms with van der Waals surface area (Å²) in [6, 6.07) is 3.85. The standard InChI is InChI=1S/C9H12N2O6S/c10-8-6-7(2-3-9(8)11(12)13)17-4-1-5-18(14,15)16/h2-3,6H,1,4-5,10H2,(H,14,15,16). The summed E-state index contributed by atoms with van der Waals surface area (Å²) in [6.45, 7) is 0.0526. The van der Waals surface area contributed by atoms with Crippen molar-refractivity contribution in [3.63, 3.8) is 0 Å². The lowest BCUT2D eigenvalue weighted by atomic mass is 10.2. The van der Waals surface area contributed by atoms with E-state index in [1.165, 1.54) is 18.2 Å². The zero-order chi connectivity index (χ0) is 13.8. The highest BCUT2D eigenvalue weighted by Crippen LogP contribution is 2.25. The lowest BCUT2D eigenvalue weighted by molar-refractivity contribution is -0.383. The van der Waals surface area contributed by atoms with Crippen LogP contribution in [0.1, 0.15) is 6.42 Å². The predicted molar refractivity (Wildman–Crippen MR) is 64.0 cm³/mol. The quantitative estimate of drug-likeness (QED) is 0.258. The molecule has 3 N–H and O–H groups in total. The van der Waals surface area contributed by atoms with E-state index in [4.69, 9.17) is 15.0 Å². The maximum atomic E-state index is 10.5. The van der Waals surface area contributed by atoms with Crippen LogP contribution in [0.25, 0.3) is 0 Å². The fourth-order valence-electron chi connectivity index (χ4n) is 1.22. The third-order valence-corrected chi connectivity index (χ3v) is 2.82. The molecule has 0 aromatic heterocycles. The number of hydrogen-bond acceptors (Lipinski definition) is 6. The highest BCUT2D eigenvalue weighted by molar-refractivity contribution is 7.85. The normalized spacial score (nSPS) is 11.2. The summed E-state index contributed by atoms with van der Waals surface area (Å²) in [5, 5.41) is 10.5. The topological polar surface area (TPSA) is 133 Å². The first kappa shape index (κ1) is 14.2. The van der Waals surface area contributed by atoms with E-state index in [-0.39, 0.29) is 24.4 Å². The number of benzene rings is 1. The molecule has 1 aromatic carbocycles. The summed E-state index contributed by atoms with van der Waals surface area (Å²) >= 11 is 0. The number of nitrogens with zero attached hydrogens (tertiary/aromatic N) is 1. The molecule has 0 aliphatic heterocycles. The van der Waals surface area contributed by atoms with Crippen LogP contribution in [-0.2, 0) is 10.1 Å². The minimum absolute atomic E-state index is 0.0349. The second kappa shape index (κ2) is 5.65. The van der Waals surface area contributed by atoms with Gasteiger partial charge in [-0.05, 0) is 12.5 Å². The van der Waals surface area contributed by atoms with Gasteiger partial charge in [0.25, 0.3) is 15.8 Å². The Morgan fingerprint density at radius 2 is 2.11 bits per heavy atom. The van der Waals surface area contributed by atoms with Crippen molar-refractivity contribution in [1.29, 1.82) is 0 Å². The van der Waals surface area contributed by atoms with E-state index in [1.807, 2.05) is 0 Å². The van der Waals surface area contributed by atoms with Gasteiger partial charge in [0.1, 0.15) is 11.4 Å². The van der Waals surface area contributed by atoms with Crippen molar-refractivity contribution >= 4 is 21.5 Å². The third kappa shape index (κ3) is 4.55. The molecule has 100 valence electrons. The van der Waals surface area contributed by atoms with Gasteiger partial charge in [-0.1, -0.05) is 0 Å². The van der Waals surface area contributed by atoms with E-state index >= 15 is 0 Å². The second-order valence-corrected chi connectivity index (χ2v) is 5.04. The van der Waals surface area contributed by atoms with E-state index in [0.717, 1.165) is 0 Å². The van der Waals surface area contributed by atoms with Crippen LogP contribution in [0.15, 0.2) is 18.2 Å². The van der Waals surface area contributed by atoms with Gasteiger partial charge in [-0.25, -0.2) is 0 Å². The SMILES string of the molecule is Nc1cc(OCCCS(=O)(=O)O)ccc1[N+](=O)[O-]. The summed E-state index contributed by atoms with van der Waals surface area (Å²) in [5.41, 5.74) is 5.18. The fraction of sp³-hybridized carbons (Fsp3) is 0.333. The summed E-state index contributed by atoms with van der Waals surface area (Å²) in [5.74, 6) is -0.108. The molecule has 8 nitrogen and oxygen atoms in total. The first-order valence-corrected chi connectivity index (χ1v) is 6.52. The molecule has 0 heterocycles. The van der Waals surface area contributed by atoms with Crippen molar-refractivity contribution < 1.29 is 22.6 Å². The Balaban J connectivity index is 2.54. The molecule has 18 heavy (non-hydrogen) atoms. The molecule has 9 heteroatoms. The fourth-order valence-corrected chi connectivity index (χ4v) is 1.70. The van der Waals surface area contributed by atoms with Gasteiger partial charge in [-0.15, -0.1) is 0 Å². The Hall–Kier alpha value is -1.87. The van der Waals surface area contributed by atoms with E-state index < -0.39 is 20.8 Å². The Labute approximate surface area is 103 Å². The van der Waals surface area contributed by atoms with Gasteiger partial charge in [-0.2, -0.15) is 8.42 Å². The molecule has 1 rings (SSSR count). The molecule has 0 aliphatic carbocycles. The van der Waals surface area contributed by atoms with Crippen LogP contribution in [-0.4, -0.2) is 30.3 Å². The average molecular weight is 276 g/mol. The number of ether oxygens (including phenoxy) is 1. The van der Waals surface area contributed by atoms with Crippen LogP contribution in [0.5, 0.6) is 5.75 Å². The van der Waals surface area contributed by atoms with Crippen LogP contribution in [0.4, 0.5) is 11.4 Å². The van der Waals surface area contributed by atoms with Crippen molar-refractivity contribution in [3.8, 4) is 5.75 Å². The Morgan fingerprint density at radius 1 is 1.44 bits per heavy atom.